The van der Waals surface area contributed by atoms with E-state index in [2.05, 4.69) is 20.7 Å². The van der Waals surface area contributed by atoms with Gasteiger partial charge in [0.2, 0.25) is 10.0 Å². The predicted octanol–water partition coefficient (Wildman–Crippen LogP) is 2.36. The first-order valence-electron chi connectivity index (χ1n) is 5.85. The zero-order valence-corrected chi connectivity index (χ0v) is 14.1. The molecule has 1 aromatic rings. The van der Waals surface area contributed by atoms with Crippen molar-refractivity contribution in [2.45, 2.75) is 30.9 Å². The topological polar surface area (TPSA) is 66.4 Å². The molecule has 0 aromatic heterocycles. The fourth-order valence-corrected chi connectivity index (χ4v) is 4.85. The molecule has 0 bridgehead atoms. The summed E-state index contributed by atoms with van der Waals surface area (Å²) in [5.41, 5.74) is 0.669. The molecule has 7 heteroatoms. The van der Waals surface area contributed by atoms with Crippen LogP contribution in [0.25, 0.3) is 0 Å². The molecule has 0 fully saturated rings. The second-order valence-corrected chi connectivity index (χ2v) is 7.55. The Hall–Kier alpha value is -0.0800. The van der Waals surface area contributed by atoms with Crippen LogP contribution in [-0.2, 0) is 16.6 Å². The Bertz CT molecular complexity index is 520. The van der Waals surface area contributed by atoms with E-state index in [1.807, 2.05) is 13.2 Å². The first-order valence-corrected chi connectivity index (χ1v) is 9.52. The van der Waals surface area contributed by atoms with Crippen molar-refractivity contribution in [1.82, 2.24) is 4.72 Å². The van der Waals surface area contributed by atoms with Gasteiger partial charge >= 0.3 is 0 Å². The Morgan fingerprint density at radius 1 is 1.47 bits per heavy atom. The van der Waals surface area contributed by atoms with Crippen LogP contribution in [0.2, 0.25) is 0 Å². The number of aliphatic hydroxyl groups is 1. The summed E-state index contributed by atoms with van der Waals surface area (Å²) in [7, 11) is -3.54. The normalized spacial score (nSPS) is 13.5. The molecule has 1 atom stereocenters. The van der Waals surface area contributed by atoms with E-state index in [1.54, 1.807) is 23.9 Å². The first-order chi connectivity index (χ1) is 8.94. The highest BCUT2D eigenvalue weighted by atomic mass is 79.9. The van der Waals surface area contributed by atoms with E-state index in [-0.39, 0.29) is 17.5 Å². The zero-order chi connectivity index (χ0) is 14.5. The maximum Gasteiger partial charge on any atom is 0.241 e. The van der Waals surface area contributed by atoms with Crippen molar-refractivity contribution in [3.8, 4) is 0 Å². The van der Waals surface area contributed by atoms with Gasteiger partial charge in [0.25, 0.3) is 0 Å². The van der Waals surface area contributed by atoms with Crippen molar-refractivity contribution >= 4 is 37.7 Å². The van der Waals surface area contributed by atoms with Crippen LogP contribution in [0.3, 0.4) is 0 Å². The van der Waals surface area contributed by atoms with E-state index < -0.39 is 10.0 Å². The molecular weight excluding hydrogens is 350 g/mol. The number of thioether (sulfide) groups is 1. The van der Waals surface area contributed by atoms with Crippen molar-refractivity contribution in [2.75, 3.05) is 12.0 Å². The van der Waals surface area contributed by atoms with Gasteiger partial charge in [0.05, 0.1) is 11.5 Å². The molecule has 0 aliphatic rings. The molecule has 0 saturated heterocycles. The third-order valence-electron chi connectivity index (χ3n) is 2.65. The van der Waals surface area contributed by atoms with Crippen molar-refractivity contribution < 1.29 is 13.5 Å². The number of hydrogen-bond donors (Lipinski definition) is 2. The third kappa shape index (κ3) is 4.75. The van der Waals surface area contributed by atoms with Gasteiger partial charge in [0.1, 0.15) is 0 Å². The quantitative estimate of drug-likeness (QED) is 0.776. The van der Waals surface area contributed by atoms with E-state index in [4.69, 9.17) is 5.11 Å². The lowest BCUT2D eigenvalue weighted by Gasteiger charge is -2.16. The average Bonchev–Trinajstić information content (AvgIpc) is 2.37. The molecule has 0 amide bonds. The number of aliphatic hydroxyl groups excluding tert-OH is 1. The first kappa shape index (κ1) is 17.0. The lowest BCUT2D eigenvalue weighted by Crippen LogP contribution is -2.36. The van der Waals surface area contributed by atoms with Crippen molar-refractivity contribution in [3.63, 3.8) is 0 Å². The standard InChI is InChI=1S/C12H18BrNO3S2/c1-3-10(8-18-2)14-19(16,17)12-5-4-9(7-15)6-11(12)13/h4-6,10,14-15H,3,7-8H2,1-2H3. The Balaban J connectivity index is 3.00. The second kappa shape index (κ2) is 7.64. The van der Waals surface area contributed by atoms with E-state index in [0.717, 1.165) is 12.2 Å². The maximum absolute atomic E-state index is 12.3. The summed E-state index contributed by atoms with van der Waals surface area (Å²) in [5, 5.41) is 9.02. The Morgan fingerprint density at radius 3 is 2.63 bits per heavy atom. The van der Waals surface area contributed by atoms with E-state index in [0.29, 0.717) is 10.0 Å². The number of sulfonamides is 1. The highest BCUT2D eigenvalue weighted by Crippen LogP contribution is 2.23. The summed E-state index contributed by atoms with van der Waals surface area (Å²) in [6, 6.07) is 4.65. The van der Waals surface area contributed by atoms with Gasteiger partial charge in [-0.3, -0.25) is 0 Å². The van der Waals surface area contributed by atoms with Crippen LogP contribution >= 0.6 is 27.7 Å². The van der Waals surface area contributed by atoms with Crippen LogP contribution in [0.1, 0.15) is 18.9 Å². The molecular formula is C12H18BrNO3S2. The third-order valence-corrected chi connectivity index (χ3v) is 5.88. The Morgan fingerprint density at radius 2 is 2.16 bits per heavy atom. The van der Waals surface area contributed by atoms with Gasteiger partial charge in [0.15, 0.2) is 0 Å². The van der Waals surface area contributed by atoms with E-state index in [9.17, 15) is 8.42 Å². The van der Waals surface area contributed by atoms with E-state index >= 15 is 0 Å². The minimum Gasteiger partial charge on any atom is -0.392 e. The number of nitrogens with one attached hydrogen (secondary N) is 1. The molecule has 19 heavy (non-hydrogen) atoms. The molecule has 0 heterocycles. The summed E-state index contributed by atoms with van der Waals surface area (Å²) in [5.74, 6) is 0.738. The van der Waals surface area contributed by atoms with Gasteiger partial charge < -0.3 is 5.11 Å². The average molecular weight is 368 g/mol. The van der Waals surface area contributed by atoms with Crippen LogP contribution in [0.15, 0.2) is 27.6 Å². The van der Waals surface area contributed by atoms with Gasteiger partial charge in [-0.15, -0.1) is 0 Å². The van der Waals surface area contributed by atoms with Gasteiger partial charge in [-0.1, -0.05) is 13.0 Å². The van der Waals surface area contributed by atoms with Crippen molar-refractivity contribution in [3.05, 3.63) is 28.2 Å². The van der Waals surface area contributed by atoms with Gasteiger partial charge in [0, 0.05) is 16.3 Å². The molecule has 0 saturated carbocycles. The fourth-order valence-electron chi connectivity index (χ4n) is 1.58. The zero-order valence-electron chi connectivity index (χ0n) is 10.9. The van der Waals surface area contributed by atoms with Gasteiger partial charge in [-0.05, 0) is 46.3 Å². The van der Waals surface area contributed by atoms with Crippen molar-refractivity contribution in [2.24, 2.45) is 0 Å². The summed E-state index contributed by atoms with van der Waals surface area (Å²) < 4.78 is 27.7. The lowest BCUT2D eigenvalue weighted by atomic mass is 10.2. The molecule has 0 spiro atoms. The van der Waals surface area contributed by atoms with Gasteiger partial charge in [-0.2, -0.15) is 11.8 Å². The summed E-state index contributed by atoms with van der Waals surface area (Å²) in [4.78, 5) is 0.198. The highest BCUT2D eigenvalue weighted by Gasteiger charge is 2.21. The summed E-state index contributed by atoms with van der Waals surface area (Å²) in [6.45, 7) is 1.84. The molecule has 108 valence electrons. The SMILES string of the molecule is CCC(CSC)NS(=O)(=O)c1ccc(CO)cc1Br. The molecule has 0 radical (unpaired) electrons. The minimum atomic E-state index is -3.54. The van der Waals surface area contributed by atoms with Gasteiger partial charge in [-0.25, -0.2) is 13.1 Å². The number of hydrogen-bond acceptors (Lipinski definition) is 4. The number of halogens is 1. The fraction of sp³-hybridized carbons (Fsp3) is 0.500. The molecule has 4 nitrogen and oxygen atoms in total. The second-order valence-electron chi connectivity index (χ2n) is 4.10. The molecule has 0 aliphatic heterocycles. The van der Waals surface area contributed by atoms with Crippen LogP contribution in [0, 0.1) is 0 Å². The molecule has 1 rings (SSSR count). The Kier molecular flexibility index (Phi) is 6.82. The number of benzene rings is 1. The molecule has 2 N–H and O–H groups in total. The monoisotopic (exact) mass is 367 g/mol. The van der Waals surface area contributed by atoms with E-state index in [1.165, 1.54) is 6.07 Å². The minimum absolute atomic E-state index is 0.0792. The smallest absolute Gasteiger partial charge is 0.241 e. The summed E-state index contributed by atoms with van der Waals surface area (Å²) in [6.07, 6.45) is 2.69. The number of rotatable bonds is 7. The highest BCUT2D eigenvalue weighted by molar-refractivity contribution is 9.10. The molecule has 1 aromatic carbocycles. The predicted molar refractivity (Wildman–Crippen MR) is 82.8 cm³/mol. The van der Waals surface area contributed by atoms with Crippen LogP contribution in [-0.4, -0.2) is 31.6 Å². The van der Waals surface area contributed by atoms with Crippen LogP contribution in [0.4, 0.5) is 0 Å². The molecule has 0 aliphatic carbocycles. The van der Waals surface area contributed by atoms with Crippen LogP contribution in [0.5, 0.6) is 0 Å². The lowest BCUT2D eigenvalue weighted by molar-refractivity contribution is 0.281. The van der Waals surface area contributed by atoms with Crippen molar-refractivity contribution in [1.29, 1.82) is 0 Å². The maximum atomic E-state index is 12.3. The summed E-state index contributed by atoms with van der Waals surface area (Å²) >= 11 is 4.85. The molecule has 1 unspecified atom stereocenters. The van der Waals surface area contributed by atoms with Crippen LogP contribution < -0.4 is 4.72 Å². The largest absolute Gasteiger partial charge is 0.392 e. The Labute approximate surface area is 127 Å².